The number of rotatable bonds is 7. The predicted octanol–water partition coefficient (Wildman–Crippen LogP) is 3.44. The number of hydrogen-bond acceptors (Lipinski definition) is 4. The number of nitrogens with one attached hydrogen (secondary N) is 2. The Morgan fingerprint density at radius 1 is 1.08 bits per heavy atom. The molecule has 2 N–H and O–H groups in total. The summed E-state index contributed by atoms with van der Waals surface area (Å²) in [6.45, 7) is 1.40. The molecule has 138 valence electrons. The second-order valence-electron chi connectivity index (χ2n) is 5.37. The molecule has 0 heterocycles. The first-order chi connectivity index (χ1) is 12.4. The van der Waals surface area contributed by atoms with Crippen molar-refractivity contribution in [3.63, 3.8) is 0 Å². The molecule has 2 aromatic rings. The lowest BCUT2D eigenvalue weighted by Crippen LogP contribution is -2.35. The maximum Gasteiger partial charge on any atom is 0.258 e. The predicted molar refractivity (Wildman–Crippen MR) is 101 cm³/mol. The summed E-state index contributed by atoms with van der Waals surface area (Å²) in [6.07, 6.45) is 0. The van der Waals surface area contributed by atoms with Crippen LogP contribution < -0.4 is 20.1 Å². The minimum absolute atomic E-state index is 0.206. The van der Waals surface area contributed by atoms with Crippen LogP contribution in [0.1, 0.15) is 5.56 Å². The Morgan fingerprint density at radius 2 is 1.85 bits per heavy atom. The van der Waals surface area contributed by atoms with Gasteiger partial charge in [0.1, 0.15) is 16.5 Å². The Kier molecular flexibility index (Phi) is 7.12. The van der Waals surface area contributed by atoms with E-state index in [1.165, 1.54) is 7.11 Å². The van der Waals surface area contributed by atoms with Gasteiger partial charge in [0.05, 0.1) is 24.4 Å². The molecular weight excluding hydrogens is 379 g/mol. The molecule has 0 aliphatic rings. The molecule has 6 nitrogen and oxygen atoms in total. The highest BCUT2D eigenvalue weighted by atomic mass is 35.5. The van der Waals surface area contributed by atoms with Crippen molar-refractivity contribution < 1.29 is 19.1 Å². The largest absolute Gasteiger partial charge is 0.495 e. The minimum atomic E-state index is -0.465. The summed E-state index contributed by atoms with van der Waals surface area (Å²) in [4.78, 5) is 23.8. The lowest BCUT2D eigenvalue weighted by atomic mass is 10.2. The fourth-order valence-corrected chi connectivity index (χ4v) is 2.43. The quantitative estimate of drug-likeness (QED) is 0.751. The van der Waals surface area contributed by atoms with Crippen molar-refractivity contribution >= 4 is 40.7 Å². The number of anilines is 1. The lowest BCUT2D eigenvalue weighted by molar-refractivity contribution is -0.125. The number of hydrogen-bond donors (Lipinski definition) is 2. The summed E-state index contributed by atoms with van der Waals surface area (Å²) in [6, 6.07) is 10.3. The number of methoxy groups -OCH3 is 1. The van der Waals surface area contributed by atoms with E-state index in [0.717, 1.165) is 5.56 Å². The van der Waals surface area contributed by atoms with E-state index in [4.69, 9.17) is 32.7 Å². The third kappa shape index (κ3) is 5.54. The Hall–Kier alpha value is -2.44. The van der Waals surface area contributed by atoms with Gasteiger partial charge < -0.3 is 20.1 Å². The fraction of sp³-hybridized carbons (Fsp3) is 0.222. The second-order valence-corrected chi connectivity index (χ2v) is 6.15. The van der Waals surface area contributed by atoms with Gasteiger partial charge in [0.15, 0.2) is 6.61 Å². The normalized spacial score (nSPS) is 10.2. The number of halogens is 2. The summed E-state index contributed by atoms with van der Waals surface area (Å²) in [5.41, 5.74) is 1.51. The summed E-state index contributed by atoms with van der Waals surface area (Å²) in [5, 5.41) is 5.71. The average molecular weight is 397 g/mol. The van der Waals surface area contributed by atoms with Gasteiger partial charge in [0.2, 0.25) is 5.91 Å². The maximum atomic E-state index is 12.0. The molecule has 0 aliphatic carbocycles. The van der Waals surface area contributed by atoms with Crippen LogP contribution in [0, 0.1) is 6.92 Å². The summed E-state index contributed by atoms with van der Waals surface area (Å²) >= 11 is 11.8. The number of aryl methyl sites for hydroxylation is 1. The van der Waals surface area contributed by atoms with Gasteiger partial charge in [0.25, 0.3) is 5.91 Å². The van der Waals surface area contributed by atoms with Crippen molar-refractivity contribution in [1.82, 2.24) is 5.32 Å². The number of carbonyl (C=O) groups excluding carboxylic acids is 2. The van der Waals surface area contributed by atoms with Gasteiger partial charge in [-0.1, -0.05) is 35.3 Å². The van der Waals surface area contributed by atoms with E-state index in [-0.39, 0.29) is 24.1 Å². The van der Waals surface area contributed by atoms with Gasteiger partial charge in [-0.05, 0) is 36.8 Å². The van der Waals surface area contributed by atoms with Gasteiger partial charge in [-0.2, -0.15) is 0 Å². The molecule has 8 heteroatoms. The Balaban J connectivity index is 1.83. The molecule has 0 fully saturated rings. The van der Waals surface area contributed by atoms with Crippen LogP contribution >= 0.6 is 23.2 Å². The number of carbonyl (C=O) groups is 2. The van der Waals surface area contributed by atoms with E-state index in [0.29, 0.717) is 22.2 Å². The fourth-order valence-electron chi connectivity index (χ4n) is 2.08. The maximum absolute atomic E-state index is 12.0. The molecule has 0 saturated heterocycles. The van der Waals surface area contributed by atoms with E-state index in [1.807, 2.05) is 13.0 Å². The summed E-state index contributed by atoms with van der Waals surface area (Å²) < 4.78 is 10.5. The van der Waals surface area contributed by atoms with Crippen LogP contribution in [0.5, 0.6) is 11.5 Å². The molecule has 0 atom stereocenters. The van der Waals surface area contributed by atoms with Crippen LogP contribution in [-0.2, 0) is 9.59 Å². The molecule has 0 aromatic heterocycles. The summed E-state index contributed by atoms with van der Waals surface area (Å²) in [5.74, 6) is -0.0205. The van der Waals surface area contributed by atoms with Crippen LogP contribution in [0.25, 0.3) is 0 Å². The average Bonchev–Trinajstić information content (AvgIpc) is 2.61. The van der Waals surface area contributed by atoms with Gasteiger partial charge in [-0.15, -0.1) is 0 Å². The number of amides is 2. The Bertz CT molecular complexity index is 812. The van der Waals surface area contributed by atoms with Crippen molar-refractivity contribution in [3.8, 4) is 11.5 Å². The topological polar surface area (TPSA) is 76.7 Å². The SMILES string of the molecule is COc1ccc(C)cc1NC(=O)CNC(=O)COc1cccc(Cl)c1Cl. The van der Waals surface area contributed by atoms with E-state index in [1.54, 1.807) is 30.3 Å². The van der Waals surface area contributed by atoms with Gasteiger partial charge in [-0.3, -0.25) is 9.59 Å². The number of benzene rings is 2. The first-order valence-electron chi connectivity index (χ1n) is 7.68. The zero-order valence-corrected chi connectivity index (χ0v) is 15.8. The molecule has 0 radical (unpaired) electrons. The Morgan fingerprint density at radius 3 is 2.58 bits per heavy atom. The van der Waals surface area contributed by atoms with Crippen molar-refractivity contribution in [3.05, 3.63) is 52.0 Å². The zero-order valence-electron chi connectivity index (χ0n) is 14.3. The van der Waals surface area contributed by atoms with E-state index < -0.39 is 5.91 Å². The van der Waals surface area contributed by atoms with Gasteiger partial charge in [0, 0.05) is 0 Å². The molecular formula is C18H18Cl2N2O4. The van der Waals surface area contributed by atoms with Crippen LogP contribution in [0.4, 0.5) is 5.69 Å². The highest BCUT2D eigenvalue weighted by molar-refractivity contribution is 6.42. The lowest BCUT2D eigenvalue weighted by Gasteiger charge is -2.12. The van der Waals surface area contributed by atoms with E-state index in [2.05, 4.69) is 10.6 Å². The van der Waals surface area contributed by atoms with Crippen LogP contribution in [-0.4, -0.2) is 32.1 Å². The van der Waals surface area contributed by atoms with Crippen molar-refractivity contribution in [2.75, 3.05) is 25.6 Å². The zero-order chi connectivity index (χ0) is 19.1. The first-order valence-corrected chi connectivity index (χ1v) is 8.44. The van der Waals surface area contributed by atoms with E-state index >= 15 is 0 Å². The highest BCUT2D eigenvalue weighted by Gasteiger charge is 2.11. The van der Waals surface area contributed by atoms with Crippen LogP contribution in [0.15, 0.2) is 36.4 Å². The number of ether oxygens (including phenoxy) is 2. The van der Waals surface area contributed by atoms with E-state index in [9.17, 15) is 9.59 Å². The molecule has 26 heavy (non-hydrogen) atoms. The third-order valence-electron chi connectivity index (χ3n) is 3.35. The molecule has 0 bridgehead atoms. The van der Waals surface area contributed by atoms with Crippen molar-refractivity contribution in [1.29, 1.82) is 0 Å². The van der Waals surface area contributed by atoms with Crippen molar-refractivity contribution in [2.45, 2.75) is 6.92 Å². The molecule has 0 aliphatic heterocycles. The van der Waals surface area contributed by atoms with Crippen molar-refractivity contribution in [2.24, 2.45) is 0 Å². The van der Waals surface area contributed by atoms with Crippen LogP contribution in [0.2, 0.25) is 10.0 Å². The van der Waals surface area contributed by atoms with Gasteiger partial charge in [-0.25, -0.2) is 0 Å². The highest BCUT2D eigenvalue weighted by Crippen LogP contribution is 2.31. The van der Waals surface area contributed by atoms with Gasteiger partial charge >= 0.3 is 0 Å². The molecule has 2 aromatic carbocycles. The standard InChI is InChI=1S/C18H18Cl2N2O4/c1-11-6-7-14(25-2)13(8-11)22-16(23)9-21-17(24)10-26-15-5-3-4-12(19)18(15)20/h3-8H,9-10H2,1-2H3,(H,21,24)(H,22,23). The Labute approximate surface area is 161 Å². The summed E-state index contributed by atoms with van der Waals surface area (Å²) in [7, 11) is 1.51. The molecule has 2 amide bonds. The molecule has 0 spiro atoms. The van der Waals surface area contributed by atoms with Crippen LogP contribution in [0.3, 0.4) is 0 Å². The smallest absolute Gasteiger partial charge is 0.258 e. The second kappa shape index (κ2) is 9.31. The molecule has 0 saturated carbocycles. The molecule has 0 unspecified atom stereocenters. The minimum Gasteiger partial charge on any atom is -0.495 e. The first kappa shape index (κ1) is 19.9. The monoisotopic (exact) mass is 396 g/mol. The third-order valence-corrected chi connectivity index (χ3v) is 4.15. The molecule has 2 rings (SSSR count).